The monoisotopic (exact) mass is 230 g/mol. The summed E-state index contributed by atoms with van der Waals surface area (Å²) in [5.74, 6) is 1.79. The largest absolute Gasteiger partial charge is 0.497 e. The molecular formula is C12H14N4O. The van der Waals surface area contributed by atoms with E-state index >= 15 is 0 Å². The molecule has 0 spiro atoms. The number of methoxy groups -OCH3 is 1. The zero-order valence-electron chi connectivity index (χ0n) is 9.79. The Balaban J connectivity index is 2.33. The number of hydrogen-bond donors (Lipinski definition) is 1. The molecule has 0 saturated carbocycles. The molecule has 0 aliphatic rings. The highest BCUT2D eigenvalue weighted by molar-refractivity contribution is 5.59. The number of benzene rings is 1. The third-order valence-corrected chi connectivity index (χ3v) is 2.41. The number of aromatic nitrogens is 2. The predicted octanol–water partition coefficient (Wildman–Crippen LogP) is 1.84. The van der Waals surface area contributed by atoms with Crippen molar-refractivity contribution in [1.82, 2.24) is 9.97 Å². The van der Waals surface area contributed by atoms with Crippen molar-refractivity contribution in [3.05, 3.63) is 36.5 Å². The van der Waals surface area contributed by atoms with Gasteiger partial charge in [0, 0.05) is 25.0 Å². The van der Waals surface area contributed by atoms with E-state index in [2.05, 4.69) is 9.97 Å². The molecule has 0 atom stereocenters. The minimum Gasteiger partial charge on any atom is -0.497 e. The fourth-order valence-corrected chi connectivity index (χ4v) is 1.46. The maximum Gasteiger partial charge on any atom is 0.231 e. The van der Waals surface area contributed by atoms with Gasteiger partial charge in [0.25, 0.3) is 0 Å². The lowest BCUT2D eigenvalue weighted by Gasteiger charge is -2.17. The SMILES string of the molecule is COc1cccc(N(C)c2nccc(N)n2)c1. The predicted molar refractivity (Wildman–Crippen MR) is 67.5 cm³/mol. The average molecular weight is 230 g/mol. The lowest BCUT2D eigenvalue weighted by molar-refractivity contribution is 0.415. The molecule has 88 valence electrons. The molecule has 17 heavy (non-hydrogen) atoms. The molecule has 2 rings (SSSR count). The molecule has 1 aromatic carbocycles. The molecule has 5 heteroatoms. The molecule has 0 radical (unpaired) electrons. The van der Waals surface area contributed by atoms with Crippen molar-refractivity contribution in [2.24, 2.45) is 0 Å². The molecule has 0 aliphatic heterocycles. The van der Waals surface area contributed by atoms with Crippen LogP contribution in [0.4, 0.5) is 17.5 Å². The number of nitrogens with two attached hydrogens (primary N) is 1. The average Bonchev–Trinajstić information content (AvgIpc) is 2.38. The summed E-state index contributed by atoms with van der Waals surface area (Å²) >= 11 is 0. The van der Waals surface area contributed by atoms with Crippen molar-refractivity contribution < 1.29 is 4.74 Å². The van der Waals surface area contributed by atoms with E-state index in [4.69, 9.17) is 10.5 Å². The first kappa shape index (κ1) is 11.2. The van der Waals surface area contributed by atoms with Gasteiger partial charge in [-0.1, -0.05) is 6.07 Å². The highest BCUT2D eigenvalue weighted by Gasteiger charge is 2.07. The first-order chi connectivity index (χ1) is 8.20. The Labute approximate surface area is 99.9 Å². The van der Waals surface area contributed by atoms with Crippen molar-refractivity contribution in [2.45, 2.75) is 0 Å². The quantitative estimate of drug-likeness (QED) is 0.871. The molecule has 1 aromatic heterocycles. The van der Waals surface area contributed by atoms with Gasteiger partial charge in [-0.2, -0.15) is 4.98 Å². The summed E-state index contributed by atoms with van der Waals surface area (Å²) in [7, 11) is 3.51. The van der Waals surface area contributed by atoms with Crippen LogP contribution < -0.4 is 15.4 Å². The van der Waals surface area contributed by atoms with Crippen molar-refractivity contribution in [3.8, 4) is 5.75 Å². The van der Waals surface area contributed by atoms with E-state index in [0.717, 1.165) is 11.4 Å². The third-order valence-electron chi connectivity index (χ3n) is 2.41. The van der Waals surface area contributed by atoms with Gasteiger partial charge in [0.1, 0.15) is 11.6 Å². The lowest BCUT2D eigenvalue weighted by atomic mass is 10.3. The molecule has 1 heterocycles. The van der Waals surface area contributed by atoms with Crippen molar-refractivity contribution >= 4 is 17.5 Å². The van der Waals surface area contributed by atoms with E-state index in [9.17, 15) is 0 Å². The molecule has 0 unspecified atom stereocenters. The van der Waals surface area contributed by atoms with E-state index in [0.29, 0.717) is 11.8 Å². The summed E-state index contributed by atoms with van der Waals surface area (Å²) < 4.78 is 5.17. The number of nitrogen functional groups attached to an aromatic ring is 1. The number of nitrogens with zero attached hydrogens (tertiary/aromatic N) is 3. The molecule has 0 amide bonds. The number of ether oxygens (including phenoxy) is 1. The fourth-order valence-electron chi connectivity index (χ4n) is 1.46. The third kappa shape index (κ3) is 2.44. The minimum absolute atomic E-state index is 0.449. The van der Waals surface area contributed by atoms with E-state index in [1.807, 2.05) is 36.2 Å². The second-order valence-electron chi connectivity index (χ2n) is 3.54. The molecule has 0 fully saturated rings. The van der Waals surface area contributed by atoms with Crippen LogP contribution in [0, 0.1) is 0 Å². The molecule has 2 aromatic rings. The number of hydrogen-bond acceptors (Lipinski definition) is 5. The first-order valence-electron chi connectivity index (χ1n) is 5.17. The van der Waals surface area contributed by atoms with E-state index in [1.54, 1.807) is 19.4 Å². The Morgan fingerprint density at radius 1 is 1.29 bits per heavy atom. The van der Waals surface area contributed by atoms with Gasteiger partial charge in [0.2, 0.25) is 5.95 Å². The van der Waals surface area contributed by atoms with Gasteiger partial charge in [-0.3, -0.25) is 0 Å². The van der Waals surface area contributed by atoms with Gasteiger partial charge >= 0.3 is 0 Å². The van der Waals surface area contributed by atoms with Crippen LogP contribution in [0.25, 0.3) is 0 Å². The zero-order chi connectivity index (χ0) is 12.3. The van der Waals surface area contributed by atoms with Crippen molar-refractivity contribution in [2.75, 3.05) is 24.8 Å². The Hall–Kier alpha value is -2.30. The Morgan fingerprint density at radius 2 is 2.12 bits per heavy atom. The summed E-state index contributed by atoms with van der Waals surface area (Å²) in [4.78, 5) is 10.2. The van der Waals surface area contributed by atoms with Crippen LogP contribution in [0.2, 0.25) is 0 Å². The van der Waals surface area contributed by atoms with Crippen LogP contribution in [0.1, 0.15) is 0 Å². The second kappa shape index (κ2) is 4.69. The molecule has 2 N–H and O–H groups in total. The Bertz CT molecular complexity index is 515. The highest BCUT2D eigenvalue weighted by Crippen LogP contribution is 2.24. The molecule has 5 nitrogen and oxygen atoms in total. The second-order valence-corrected chi connectivity index (χ2v) is 3.54. The maximum absolute atomic E-state index is 5.63. The molecule has 0 bridgehead atoms. The van der Waals surface area contributed by atoms with Crippen LogP contribution in [-0.4, -0.2) is 24.1 Å². The van der Waals surface area contributed by atoms with E-state index in [-0.39, 0.29) is 0 Å². The van der Waals surface area contributed by atoms with Crippen molar-refractivity contribution in [3.63, 3.8) is 0 Å². The molecule has 0 saturated heterocycles. The summed E-state index contributed by atoms with van der Waals surface area (Å²) in [6.07, 6.45) is 1.63. The van der Waals surface area contributed by atoms with E-state index < -0.39 is 0 Å². The van der Waals surface area contributed by atoms with Gasteiger partial charge in [0.15, 0.2) is 0 Å². The van der Waals surface area contributed by atoms with Crippen LogP contribution >= 0.6 is 0 Å². The summed E-state index contributed by atoms with van der Waals surface area (Å²) in [5.41, 5.74) is 6.57. The van der Waals surface area contributed by atoms with E-state index in [1.165, 1.54) is 0 Å². The Morgan fingerprint density at radius 3 is 2.82 bits per heavy atom. The number of rotatable bonds is 3. The van der Waals surface area contributed by atoms with Crippen molar-refractivity contribution in [1.29, 1.82) is 0 Å². The van der Waals surface area contributed by atoms with Gasteiger partial charge < -0.3 is 15.4 Å². The summed E-state index contributed by atoms with van der Waals surface area (Å²) in [6, 6.07) is 9.32. The highest BCUT2D eigenvalue weighted by atomic mass is 16.5. The zero-order valence-corrected chi connectivity index (χ0v) is 9.79. The maximum atomic E-state index is 5.63. The van der Waals surface area contributed by atoms with Gasteiger partial charge in [-0.05, 0) is 18.2 Å². The smallest absolute Gasteiger partial charge is 0.231 e. The minimum atomic E-state index is 0.449. The molecular weight excluding hydrogens is 216 g/mol. The molecule has 0 aliphatic carbocycles. The fraction of sp³-hybridized carbons (Fsp3) is 0.167. The topological polar surface area (TPSA) is 64.3 Å². The van der Waals surface area contributed by atoms with Crippen LogP contribution in [0.5, 0.6) is 5.75 Å². The van der Waals surface area contributed by atoms with Gasteiger partial charge in [-0.15, -0.1) is 0 Å². The number of anilines is 3. The lowest BCUT2D eigenvalue weighted by Crippen LogP contribution is -2.13. The van der Waals surface area contributed by atoms with Gasteiger partial charge in [-0.25, -0.2) is 4.98 Å². The first-order valence-corrected chi connectivity index (χ1v) is 5.17. The van der Waals surface area contributed by atoms with Crippen LogP contribution in [-0.2, 0) is 0 Å². The van der Waals surface area contributed by atoms with Gasteiger partial charge in [0.05, 0.1) is 7.11 Å². The Kier molecular flexibility index (Phi) is 3.09. The normalized spacial score (nSPS) is 10.0. The van der Waals surface area contributed by atoms with Crippen LogP contribution in [0.3, 0.4) is 0 Å². The summed E-state index contributed by atoms with van der Waals surface area (Å²) in [5, 5.41) is 0. The summed E-state index contributed by atoms with van der Waals surface area (Å²) in [6.45, 7) is 0. The van der Waals surface area contributed by atoms with Crippen LogP contribution in [0.15, 0.2) is 36.5 Å². The standard InChI is InChI=1S/C12H14N4O/c1-16(12-14-7-6-11(13)15-12)9-4-3-5-10(8-9)17-2/h3-8H,1-2H3,(H2,13,14,15).